The number of urea groups is 1. The Morgan fingerprint density at radius 3 is 2.56 bits per heavy atom. The maximum Gasteiger partial charge on any atom is 0.344 e. The van der Waals surface area contributed by atoms with Crippen molar-refractivity contribution < 1.29 is 4.79 Å². The van der Waals surface area contributed by atoms with E-state index in [1.807, 2.05) is 19.1 Å². The summed E-state index contributed by atoms with van der Waals surface area (Å²) in [6.45, 7) is 2.03. The molecule has 0 aliphatic rings. The summed E-state index contributed by atoms with van der Waals surface area (Å²) >= 11 is 5.42. The summed E-state index contributed by atoms with van der Waals surface area (Å²) in [6, 6.07) is 6.62. The number of hydrogen-bond acceptors (Lipinski definition) is 3. The molecule has 0 aliphatic heterocycles. The molecule has 0 aromatic heterocycles. The molecule has 0 radical (unpaired) electrons. The van der Waals surface area contributed by atoms with E-state index in [0.29, 0.717) is 5.69 Å². The van der Waals surface area contributed by atoms with Crippen LogP contribution in [0.25, 0.3) is 0 Å². The Hall–Kier alpha value is -1.62. The van der Waals surface area contributed by atoms with Crippen LogP contribution in [0.2, 0.25) is 0 Å². The first-order valence-electron chi connectivity index (χ1n) is 4.72. The molecule has 2 amide bonds. The molecule has 0 fully saturated rings. The van der Waals surface area contributed by atoms with Gasteiger partial charge in [-0.25, -0.2) is 4.79 Å². The molecule has 0 unspecified atom stereocenters. The Bertz CT molecular complexity index is 367. The highest BCUT2D eigenvalue weighted by molar-refractivity contribution is 6.18. The first-order chi connectivity index (χ1) is 7.67. The predicted molar refractivity (Wildman–Crippen MR) is 63.4 cm³/mol. The van der Waals surface area contributed by atoms with Gasteiger partial charge >= 0.3 is 6.03 Å². The summed E-state index contributed by atoms with van der Waals surface area (Å²) in [4.78, 5) is 21.8. The molecule has 1 aromatic rings. The minimum absolute atomic E-state index is 0.0861. The number of carbonyl (C=O) groups is 1. The zero-order valence-corrected chi connectivity index (χ0v) is 9.57. The minimum atomic E-state index is -0.584. The molecule has 1 aromatic carbocycles. The second kappa shape index (κ2) is 6.07. The van der Waals surface area contributed by atoms with Gasteiger partial charge in [-0.3, -0.25) is 0 Å². The average Bonchev–Trinajstić information content (AvgIpc) is 2.29. The molecular weight excluding hydrogens is 230 g/mol. The summed E-state index contributed by atoms with van der Waals surface area (Å²) < 4.78 is 0. The van der Waals surface area contributed by atoms with Crippen molar-refractivity contribution in [3.05, 3.63) is 34.7 Å². The number of nitrogens with one attached hydrogen (secondary N) is 1. The van der Waals surface area contributed by atoms with Crippen LogP contribution in [0.15, 0.2) is 29.6 Å². The van der Waals surface area contributed by atoms with Gasteiger partial charge in [-0.05, 0) is 19.1 Å². The fourth-order valence-corrected chi connectivity index (χ4v) is 1.24. The molecule has 0 heterocycles. The van der Waals surface area contributed by atoms with Crippen LogP contribution in [0.4, 0.5) is 10.5 Å². The van der Waals surface area contributed by atoms with Gasteiger partial charge in [0.1, 0.15) is 0 Å². The first-order valence-corrected chi connectivity index (χ1v) is 5.25. The Kier molecular flexibility index (Phi) is 4.72. The van der Waals surface area contributed by atoms with E-state index >= 15 is 0 Å². The van der Waals surface area contributed by atoms with E-state index in [9.17, 15) is 9.70 Å². The molecule has 0 aliphatic carbocycles. The Balaban J connectivity index is 2.62. The van der Waals surface area contributed by atoms with Crippen LogP contribution < -0.4 is 5.32 Å². The highest BCUT2D eigenvalue weighted by atomic mass is 35.5. The van der Waals surface area contributed by atoms with Gasteiger partial charge in [-0.2, -0.15) is 5.01 Å². The first kappa shape index (κ1) is 12.4. The van der Waals surface area contributed by atoms with Crippen LogP contribution in [0.5, 0.6) is 0 Å². The number of halogens is 1. The Labute approximate surface area is 98.3 Å². The van der Waals surface area contributed by atoms with Crippen molar-refractivity contribution in [1.82, 2.24) is 5.01 Å². The normalized spacial score (nSPS) is 9.62. The van der Waals surface area contributed by atoms with E-state index in [0.717, 1.165) is 10.6 Å². The molecule has 0 spiro atoms. The monoisotopic (exact) mass is 241 g/mol. The van der Waals surface area contributed by atoms with Crippen molar-refractivity contribution in [2.75, 3.05) is 17.7 Å². The van der Waals surface area contributed by atoms with Crippen molar-refractivity contribution in [2.45, 2.75) is 6.92 Å². The van der Waals surface area contributed by atoms with E-state index < -0.39 is 6.03 Å². The molecule has 16 heavy (non-hydrogen) atoms. The fourth-order valence-electron chi connectivity index (χ4n) is 1.08. The lowest BCUT2D eigenvalue weighted by Crippen LogP contribution is -2.31. The number of anilines is 1. The third-order valence-electron chi connectivity index (χ3n) is 1.93. The van der Waals surface area contributed by atoms with Crippen molar-refractivity contribution in [1.29, 1.82) is 0 Å². The van der Waals surface area contributed by atoms with Crippen LogP contribution >= 0.6 is 11.6 Å². The van der Waals surface area contributed by atoms with Gasteiger partial charge in [0.25, 0.3) is 0 Å². The SMILES string of the molecule is Cc1ccc(NC(=O)N(CCCl)N=O)cc1. The van der Waals surface area contributed by atoms with Crippen molar-refractivity contribution in [3.8, 4) is 0 Å². The molecule has 0 saturated heterocycles. The number of hydrogen-bond donors (Lipinski definition) is 1. The lowest BCUT2D eigenvalue weighted by Gasteiger charge is -2.12. The summed E-state index contributed by atoms with van der Waals surface area (Å²) in [7, 11) is 0. The standard InChI is InChI=1S/C10H12ClN3O2/c1-8-2-4-9(5-3-8)12-10(15)14(13-16)7-6-11/h2-5H,6-7H2,1H3,(H,12,15). The largest absolute Gasteiger partial charge is 0.344 e. The van der Waals surface area contributed by atoms with Crippen molar-refractivity contribution >= 4 is 23.3 Å². The molecule has 1 rings (SSSR count). The smallest absolute Gasteiger partial charge is 0.306 e. The van der Waals surface area contributed by atoms with E-state index in [-0.39, 0.29) is 12.4 Å². The number of aryl methyl sites for hydroxylation is 1. The quantitative estimate of drug-likeness (QED) is 0.501. The second-order valence-corrected chi connectivity index (χ2v) is 3.57. The number of rotatable bonds is 4. The van der Waals surface area contributed by atoms with Gasteiger partial charge in [0.15, 0.2) is 0 Å². The predicted octanol–water partition coefficient (Wildman–Crippen LogP) is 2.75. The number of amides is 2. The number of benzene rings is 1. The molecule has 6 heteroatoms. The van der Waals surface area contributed by atoms with Crippen LogP contribution in [0.3, 0.4) is 0 Å². The lowest BCUT2D eigenvalue weighted by atomic mass is 10.2. The third kappa shape index (κ3) is 3.51. The summed E-state index contributed by atoms with van der Waals surface area (Å²) in [6.07, 6.45) is 0. The van der Waals surface area contributed by atoms with E-state index in [2.05, 4.69) is 10.6 Å². The van der Waals surface area contributed by atoms with Gasteiger partial charge < -0.3 is 5.32 Å². The maximum absolute atomic E-state index is 11.5. The van der Waals surface area contributed by atoms with Crippen molar-refractivity contribution in [3.63, 3.8) is 0 Å². The number of carbonyl (C=O) groups excluding carboxylic acids is 1. The zero-order chi connectivity index (χ0) is 12.0. The zero-order valence-electron chi connectivity index (χ0n) is 8.81. The molecule has 86 valence electrons. The van der Waals surface area contributed by atoms with Crippen molar-refractivity contribution in [2.24, 2.45) is 5.29 Å². The molecular formula is C10H12ClN3O2. The molecule has 0 saturated carbocycles. The summed E-state index contributed by atoms with van der Waals surface area (Å²) in [5.74, 6) is 0.160. The average molecular weight is 242 g/mol. The van der Waals surface area contributed by atoms with Gasteiger partial charge in [-0.15, -0.1) is 16.5 Å². The van der Waals surface area contributed by atoms with Crippen LogP contribution in [0, 0.1) is 11.8 Å². The topological polar surface area (TPSA) is 61.8 Å². The highest BCUT2D eigenvalue weighted by Gasteiger charge is 2.12. The van der Waals surface area contributed by atoms with Gasteiger partial charge in [-0.1, -0.05) is 17.7 Å². The number of alkyl halides is 1. The Morgan fingerprint density at radius 2 is 2.06 bits per heavy atom. The maximum atomic E-state index is 11.5. The van der Waals surface area contributed by atoms with Crippen LogP contribution in [-0.2, 0) is 0 Å². The number of nitrogens with zero attached hydrogens (tertiary/aromatic N) is 2. The molecule has 0 bridgehead atoms. The third-order valence-corrected chi connectivity index (χ3v) is 2.10. The minimum Gasteiger partial charge on any atom is -0.306 e. The van der Waals surface area contributed by atoms with Gasteiger partial charge in [0, 0.05) is 11.6 Å². The van der Waals surface area contributed by atoms with E-state index in [1.54, 1.807) is 12.1 Å². The second-order valence-electron chi connectivity index (χ2n) is 3.19. The van der Waals surface area contributed by atoms with Crippen LogP contribution in [0.1, 0.15) is 5.56 Å². The van der Waals surface area contributed by atoms with E-state index in [1.165, 1.54) is 0 Å². The lowest BCUT2D eigenvalue weighted by molar-refractivity contribution is 0.216. The molecule has 0 atom stereocenters. The van der Waals surface area contributed by atoms with Crippen LogP contribution in [-0.4, -0.2) is 23.5 Å². The number of nitroso groups, excluding NO2 is 1. The van der Waals surface area contributed by atoms with Gasteiger partial charge in [0.05, 0.1) is 11.8 Å². The van der Waals surface area contributed by atoms with Gasteiger partial charge in [0.2, 0.25) is 0 Å². The summed E-state index contributed by atoms with van der Waals surface area (Å²) in [5.41, 5.74) is 1.70. The highest BCUT2D eigenvalue weighted by Crippen LogP contribution is 2.09. The fraction of sp³-hybridized carbons (Fsp3) is 0.300. The summed E-state index contributed by atoms with van der Waals surface area (Å²) in [5, 5.41) is 5.86. The molecule has 5 nitrogen and oxygen atoms in total. The van der Waals surface area contributed by atoms with E-state index in [4.69, 9.17) is 11.6 Å². The molecule has 1 N–H and O–H groups in total. The Morgan fingerprint density at radius 1 is 1.44 bits per heavy atom.